The van der Waals surface area contributed by atoms with E-state index in [9.17, 15) is 9.59 Å². The molecule has 0 aliphatic carbocycles. The average Bonchev–Trinajstić information content (AvgIpc) is 2.32. The Hall–Kier alpha value is -1.56. The largest absolute Gasteiger partial charge is 0.481 e. The molecule has 0 atom stereocenters. The molecule has 0 saturated heterocycles. The molecule has 0 aliphatic rings. The fraction of sp³-hybridized carbons (Fsp3) is 0.385. The van der Waals surface area contributed by atoms with Crippen molar-refractivity contribution in [2.24, 2.45) is 0 Å². The van der Waals surface area contributed by atoms with Crippen LogP contribution in [0.25, 0.3) is 0 Å². The van der Waals surface area contributed by atoms with E-state index in [0.29, 0.717) is 6.54 Å². The van der Waals surface area contributed by atoms with Crippen LogP contribution in [0.2, 0.25) is 0 Å². The van der Waals surface area contributed by atoms with Gasteiger partial charge in [0.1, 0.15) is 0 Å². The topological polar surface area (TPSA) is 69.6 Å². The van der Waals surface area contributed by atoms with Crippen LogP contribution in [0, 0.1) is 6.92 Å². The van der Waals surface area contributed by atoms with Gasteiger partial charge in [0.15, 0.2) is 0 Å². The zero-order valence-corrected chi connectivity index (χ0v) is 12.5. The van der Waals surface area contributed by atoms with Gasteiger partial charge in [-0.3, -0.25) is 4.79 Å². The van der Waals surface area contributed by atoms with Crippen molar-refractivity contribution in [2.75, 3.05) is 13.6 Å². The van der Waals surface area contributed by atoms with E-state index in [0.717, 1.165) is 15.6 Å². The van der Waals surface area contributed by atoms with Gasteiger partial charge in [-0.05, 0) is 30.2 Å². The summed E-state index contributed by atoms with van der Waals surface area (Å²) in [6.45, 7) is 2.60. The predicted molar refractivity (Wildman–Crippen MR) is 76.0 cm³/mol. The van der Waals surface area contributed by atoms with E-state index >= 15 is 0 Å². The minimum atomic E-state index is -0.924. The van der Waals surface area contributed by atoms with Crippen molar-refractivity contribution >= 4 is 27.9 Å². The Balaban J connectivity index is 2.51. The molecule has 1 rings (SSSR count). The second-order valence-corrected chi connectivity index (χ2v) is 5.22. The van der Waals surface area contributed by atoms with Crippen molar-refractivity contribution in [3.8, 4) is 0 Å². The number of amides is 2. The first-order chi connectivity index (χ1) is 8.90. The van der Waals surface area contributed by atoms with E-state index in [1.165, 1.54) is 4.90 Å². The van der Waals surface area contributed by atoms with E-state index in [4.69, 9.17) is 5.11 Å². The molecule has 5 nitrogen and oxygen atoms in total. The first-order valence-electron chi connectivity index (χ1n) is 5.86. The van der Waals surface area contributed by atoms with Crippen LogP contribution in [0.15, 0.2) is 22.7 Å². The Morgan fingerprint density at radius 2 is 2.11 bits per heavy atom. The number of carboxylic acid groups (broad SMARTS) is 1. The minimum absolute atomic E-state index is 0.0725. The highest BCUT2D eigenvalue weighted by molar-refractivity contribution is 9.10. The zero-order chi connectivity index (χ0) is 14.4. The molecule has 0 saturated carbocycles. The number of urea groups is 1. The summed E-state index contributed by atoms with van der Waals surface area (Å²) in [6.07, 6.45) is -0.0725. The molecule has 104 valence electrons. The van der Waals surface area contributed by atoms with Crippen molar-refractivity contribution in [1.29, 1.82) is 0 Å². The van der Waals surface area contributed by atoms with Crippen LogP contribution in [-0.4, -0.2) is 35.6 Å². The molecule has 1 aromatic carbocycles. The fourth-order valence-corrected chi connectivity index (χ4v) is 2.05. The molecule has 0 bridgehead atoms. The van der Waals surface area contributed by atoms with Crippen LogP contribution in [0.1, 0.15) is 17.5 Å². The number of hydrogen-bond donors (Lipinski definition) is 2. The Morgan fingerprint density at radius 1 is 1.42 bits per heavy atom. The van der Waals surface area contributed by atoms with Gasteiger partial charge in [0.05, 0.1) is 6.42 Å². The third kappa shape index (κ3) is 5.30. The number of halogens is 1. The zero-order valence-electron chi connectivity index (χ0n) is 10.9. The van der Waals surface area contributed by atoms with Crippen LogP contribution < -0.4 is 5.32 Å². The Bertz CT molecular complexity index is 477. The Labute approximate surface area is 120 Å². The van der Waals surface area contributed by atoms with E-state index in [-0.39, 0.29) is 19.0 Å². The number of hydrogen-bond acceptors (Lipinski definition) is 2. The summed E-state index contributed by atoms with van der Waals surface area (Å²) < 4.78 is 1.00. The van der Waals surface area contributed by atoms with Gasteiger partial charge in [-0.25, -0.2) is 4.79 Å². The molecular weight excluding hydrogens is 312 g/mol. The monoisotopic (exact) mass is 328 g/mol. The Kier molecular flexibility index (Phi) is 5.82. The van der Waals surface area contributed by atoms with Gasteiger partial charge in [0.2, 0.25) is 0 Å². The van der Waals surface area contributed by atoms with Gasteiger partial charge in [0, 0.05) is 24.6 Å². The lowest BCUT2D eigenvalue weighted by molar-refractivity contribution is -0.136. The number of aryl methyl sites for hydroxylation is 1. The summed E-state index contributed by atoms with van der Waals surface area (Å²) in [5.41, 5.74) is 2.15. The van der Waals surface area contributed by atoms with E-state index in [2.05, 4.69) is 21.2 Å². The summed E-state index contributed by atoms with van der Waals surface area (Å²) >= 11 is 3.39. The molecular formula is C13H17BrN2O3. The average molecular weight is 329 g/mol. The molecule has 2 amide bonds. The summed E-state index contributed by atoms with van der Waals surface area (Å²) in [5.74, 6) is -0.924. The highest BCUT2D eigenvalue weighted by Gasteiger charge is 2.10. The standard InChI is InChI=1S/C13H17BrN2O3/c1-9-7-11(14)4-3-10(9)8-16(2)13(19)15-6-5-12(17)18/h3-4,7H,5-6,8H2,1-2H3,(H,15,19)(H,17,18). The van der Waals surface area contributed by atoms with Crippen molar-refractivity contribution in [2.45, 2.75) is 19.9 Å². The maximum atomic E-state index is 11.7. The lowest BCUT2D eigenvalue weighted by Gasteiger charge is -2.19. The number of carboxylic acids is 1. The van der Waals surface area contributed by atoms with Crippen LogP contribution in [-0.2, 0) is 11.3 Å². The van der Waals surface area contributed by atoms with Crippen molar-refractivity contribution in [1.82, 2.24) is 10.2 Å². The van der Waals surface area contributed by atoms with Crippen molar-refractivity contribution in [3.63, 3.8) is 0 Å². The second kappa shape index (κ2) is 7.13. The maximum absolute atomic E-state index is 11.7. The van der Waals surface area contributed by atoms with Gasteiger partial charge in [-0.2, -0.15) is 0 Å². The molecule has 2 N–H and O–H groups in total. The number of benzene rings is 1. The predicted octanol–water partition coefficient (Wildman–Crippen LogP) is 2.37. The molecule has 6 heteroatoms. The van der Waals surface area contributed by atoms with Crippen molar-refractivity contribution in [3.05, 3.63) is 33.8 Å². The first kappa shape index (κ1) is 15.5. The third-order valence-electron chi connectivity index (χ3n) is 2.67. The molecule has 0 spiro atoms. The number of aliphatic carboxylic acids is 1. The summed E-state index contributed by atoms with van der Waals surface area (Å²) in [5, 5.41) is 11.1. The summed E-state index contributed by atoms with van der Waals surface area (Å²) in [7, 11) is 1.68. The molecule has 0 unspecified atom stereocenters. The number of carbonyl (C=O) groups excluding carboxylic acids is 1. The van der Waals surface area contributed by atoms with Crippen LogP contribution in [0.5, 0.6) is 0 Å². The summed E-state index contributed by atoms with van der Waals surface area (Å²) in [6, 6.07) is 5.60. The fourth-order valence-electron chi connectivity index (χ4n) is 1.58. The highest BCUT2D eigenvalue weighted by atomic mass is 79.9. The first-order valence-corrected chi connectivity index (χ1v) is 6.65. The minimum Gasteiger partial charge on any atom is -0.481 e. The normalized spacial score (nSPS) is 10.1. The SMILES string of the molecule is Cc1cc(Br)ccc1CN(C)C(=O)NCCC(=O)O. The number of nitrogens with one attached hydrogen (secondary N) is 1. The van der Waals surface area contributed by atoms with E-state index in [1.807, 2.05) is 25.1 Å². The lowest BCUT2D eigenvalue weighted by Crippen LogP contribution is -2.37. The van der Waals surface area contributed by atoms with Gasteiger partial charge in [0.25, 0.3) is 0 Å². The lowest BCUT2D eigenvalue weighted by atomic mass is 10.1. The van der Waals surface area contributed by atoms with Gasteiger partial charge < -0.3 is 15.3 Å². The second-order valence-electron chi connectivity index (χ2n) is 4.30. The molecule has 0 aromatic heterocycles. The quantitative estimate of drug-likeness (QED) is 0.871. The smallest absolute Gasteiger partial charge is 0.317 e. The van der Waals surface area contributed by atoms with Crippen LogP contribution in [0.3, 0.4) is 0 Å². The van der Waals surface area contributed by atoms with Gasteiger partial charge in [-0.15, -0.1) is 0 Å². The maximum Gasteiger partial charge on any atom is 0.317 e. The molecule has 0 heterocycles. The number of nitrogens with zero attached hydrogens (tertiary/aromatic N) is 1. The van der Waals surface area contributed by atoms with Gasteiger partial charge in [-0.1, -0.05) is 22.0 Å². The molecule has 0 fully saturated rings. The highest BCUT2D eigenvalue weighted by Crippen LogP contribution is 2.16. The summed E-state index contributed by atoms with van der Waals surface area (Å²) in [4.78, 5) is 23.6. The third-order valence-corrected chi connectivity index (χ3v) is 3.17. The molecule has 19 heavy (non-hydrogen) atoms. The number of rotatable bonds is 5. The van der Waals surface area contributed by atoms with E-state index in [1.54, 1.807) is 7.05 Å². The number of carbonyl (C=O) groups is 2. The molecule has 0 radical (unpaired) electrons. The van der Waals surface area contributed by atoms with E-state index < -0.39 is 5.97 Å². The Morgan fingerprint density at radius 3 is 2.68 bits per heavy atom. The van der Waals surface area contributed by atoms with Crippen molar-refractivity contribution < 1.29 is 14.7 Å². The molecule has 1 aromatic rings. The van der Waals surface area contributed by atoms with Gasteiger partial charge >= 0.3 is 12.0 Å². The van der Waals surface area contributed by atoms with Crippen LogP contribution in [0.4, 0.5) is 4.79 Å². The molecule has 0 aliphatic heterocycles. The van der Waals surface area contributed by atoms with Crippen LogP contribution >= 0.6 is 15.9 Å².